The van der Waals surface area contributed by atoms with Crippen molar-refractivity contribution in [3.63, 3.8) is 0 Å². The molecule has 0 atom stereocenters. The Labute approximate surface area is 149 Å². The van der Waals surface area contributed by atoms with Gasteiger partial charge < -0.3 is 9.88 Å². The number of rotatable bonds is 4. The van der Waals surface area contributed by atoms with E-state index in [1.807, 2.05) is 6.07 Å². The molecule has 0 saturated carbocycles. The summed E-state index contributed by atoms with van der Waals surface area (Å²) in [6.45, 7) is 6.63. The lowest BCUT2D eigenvalue weighted by Crippen LogP contribution is -2.30. The Morgan fingerprint density at radius 1 is 1.04 bits per heavy atom. The van der Waals surface area contributed by atoms with Crippen molar-refractivity contribution < 1.29 is 0 Å². The van der Waals surface area contributed by atoms with Crippen LogP contribution in [-0.2, 0) is 6.42 Å². The molecule has 1 saturated heterocycles. The summed E-state index contributed by atoms with van der Waals surface area (Å²) in [5, 5.41) is 0. The number of fused-ring (bicyclic) bond motifs is 1. The van der Waals surface area contributed by atoms with Gasteiger partial charge in [0.2, 0.25) is 0 Å². The van der Waals surface area contributed by atoms with Gasteiger partial charge in [0, 0.05) is 25.2 Å². The highest BCUT2D eigenvalue weighted by atomic mass is 15.2. The number of hydrogen-bond acceptors (Lipinski definition) is 3. The predicted molar refractivity (Wildman–Crippen MR) is 104 cm³/mol. The second-order valence-electron chi connectivity index (χ2n) is 7.42. The van der Waals surface area contributed by atoms with Crippen LogP contribution in [0.2, 0.25) is 0 Å². The van der Waals surface area contributed by atoms with Crippen molar-refractivity contribution in [3.05, 3.63) is 42.2 Å². The number of benzene rings is 1. The third kappa shape index (κ3) is 3.39. The molecule has 4 nitrogen and oxygen atoms in total. The first kappa shape index (κ1) is 16.1. The molecule has 3 aromatic rings. The van der Waals surface area contributed by atoms with Gasteiger partial charge in [-0.25, -0.2) is 9.97 Å². The molecular formula is C21H26N4. The zero-order valence-corrected chi connectivity index (χ0v) is 15.1. The van der Waals surface area contributed by atoms with E-state index in [9.17, 15) is 0 Å². The Hall–Kier alpha value is -2.36. The monoisotopic (exact) mass is 334 g/mol. The predicted octanol–water partition coefficient (Wildman–Crippen LogP) is 4.81. The molecule has 0 spiro atoms. The van der Waals surface area contributed by atoms with Gasteiger partial charge in [-0.2, -0.15) is 0 Å². The van der Waals surface area contributed by atoms with E-state index in [2.05, 4.69) is 54.1 Å². The van der Waals surface area contributed by atoms with E-state index in [1.165, 1.54) is 24.8 Å². The molecule has 0 unspecified atom stereocenters. The zero-order valence-electron chi connectivity index (χ0n) is 15.1. The standard InChI is InChI=1S/C21H26N4/c1-15(2)13-19-22-18-14-17(16-9-5-3-6-10-16)23-20(18)21(24-19)25-11-7-4-8-12-25/h3,5-6,9-10,14-15,23H,4,7-8,11-13H2,1-2H3. The highest BCUT2D eigenvalue weighted by Gasteiger charge is 2.19. The third-order valence-corrected chi connectivity index (χ3v) is 4.84. The van der Waals surface area contributed by atoms with Gasteiger partial charge >= 0.3 is 0 Å². The van der Waals surface area contributed by atoms with E-state index in [0.29, 0.717) is 5.92 Å². The molecule has 0 radical (unpaired) electrons. The molecule has 1 aliphatic heterocycles. The summed E-state index contributed by atoms with van der Waals surface area (Å²) in [5.74, 6) is 2.60. The highest BCUT2D eigenvalue weighted by Crippen LogP contribution is 2.30. The van der Waals surface area contributed by atoms with Gasteiger partial charge in [-0.3, -0.25) is 0 Å². The van der Waals surface area contributed by atoms with E-state index < -0.39 is 0 Å². The first-order valence-corrected chi connectivity index (χ1v) is 9.41. The number of nitrogens with zero attached hydrogens (tertiary/aromatic N) is 3. The number of nitrogens with one attached hydrogen (secondary N) is 1. The molecule has 25 heavy (non-hydrogen) atoms. The van der Waals surface area contributed by atoms with Crippen LogP contribution >= 0.6 is 0 Å². The average Bonchev–Trinajstić information content (AvgIpc) is 3.06. The second kappa shape index (κ2) is 6.87. The molecule has 0 amide bonds. The minimum absolute atomic E-state index is 0.555. The number of aromatic amines is 1. The lowest BCUT2D eigenvalue weighted by molar-refractivity contribution is 0.570. The lowest BCUT2D eigenvalue weighted by atomic mass is 10.1. The van der Waals surface area contributed by atoms with Gasteiger partial charge in [0.05, 0.1) is 5.52 Å². The average molecular weight is 334 g/mol. The smallest absolute Gasteiger partial charge is 0.156 e. The first-order valence-electron chi connectivity index (χ1n) is 9.41. The summed E-state index contributed by atoms with van der Waals surface area (Å²) < 4.78 is 0. The van der Waals surface area contributed by atoms with E-state index >= 15 is 0 Å². The van der Waals surface area contributed by atoms with Crippen molar-refractivity contribution in [3.8, 4) is 11.3 Å². The van der Waals surface area contributed by atoms with Gasteiger partial charge in [0.15, 0.2) is 5.82 Å². The highest BCUT2D eigenvalue weighted by molar-refractivity contribution is 5.90. The van der Waals surface area contributed by atoms with E-state index in [1.54, 1.807) is 0 Å². The van der Waals surface area contributed by atoms with Crippen molar-refractivity contribution in [1.29, 1.82) is 0 Å². The third-order valence-electron chi connectivity index (χ3n) is 4.84. The molecule has 4 rings (SSSR count). The van der Waals surface area contributed by atoms with E-state index in [-0.39, 0.29) is 0 Å². The molecule has 1 fully saturated rings. The van der Waals surface area contributed by atoms with Crippen LogP contribution in [0.15, 0.2) is 36.4 Å². The molecule has 0 aliphatic carbocycles. The van der Waals surface area contributed by atoms with Crippen molar-refractivity contribution in [1.82, 2.24) is 15.0 Å². The molecular weight excluding hydrogens is 308 g/mol. The van der Waals surface area contributed by atoms with Crippen LogP contribution < -0.4 is 4.90 Å². The molecule has 2 aromatic heterocycles. The number of piperidine rings is 1. The number of aromatic nitrogens is 3. The van der Waals surface area contributed by atoms with Crippen LogP contribution in [0.25, 0.3) is 22.3 Å². The molecule has 3 heterocycles. The fourth-order valence-corrected chi connectivity index (χ4v) is 3.61. The van der Waals surface area contributed by atoms with Gasteiger partial charge in [-0.15, -0.1) is 0 Å². The van der Waals surface area contributed by atoms with Gasteiger partial charge in [-0.05, 0) is 36.8 Å². The summed E-state index contributed by atoms with van der Waals surface area (Å²) in [6.07, 6.45) is 4.74. The molecule has 130 valence electrons. The van der Waals surface area contributed by atoms with Gasteiger partial charge in [0.1, 0.15) is 11.3 Å². The minimum Gasteiger partial charge on any atom is -0.355 e. The Kier molecular flexibility index (Phi) is 4.43. The summed E-state index contributed by atoms with van der Waals surface area (Å²) >= 11 is 0. The lowest BCUT2D eigenvalue weighted by Gasteiger charge is -2.28. The molecule has 1 aromatic carbocycles. The van der Waals surface area contributed by atoms with E-state index in [0.717, 1.165) is 47.9 Å². The fraction of sp³-hybridized carbons (Fsp3) is 0.429. The van der Waals surface area contributed by atoms with Gasteiger partial charge in [0.25, 0.3) is 0 Å². The van der Waals surface area contributed by atoms with Crippen LogP contribution in [0.3, 0.4) is 0 Å². The number of H-pyrrole nitrogens is 1. The maximum absolute atomic E-state index is 4.96. The fourth-order valence-electron chi connectivity index (χ4n) is 3.61. The Balaban J connectivity index is 1.83. The Morgan fingerprint density at radius 3 is 2.52 bits per heavy atom. The maximum atomic E-state index is 4.96. The number of anilines is 1. The largest absolute Gasteiger partial charge is 0.355 e. The summed E-state index contributed by atoms with van der Waals surface area (Å²) in [4.78, 5) is 15.8. The van der Waals surface area contributed by atoms with Crippen molar-refractivity contribution in [2.75, 3.05) is 18.0 Å². The van der Waals surface area contributed by atoms with Gasteiger partial charge in [-0.1, -0.05) is 44.2 Å². The normalized spacial score (nSPS) is 15.2. The first-order chi connectivity index (χ1) is 12.2. The molecule has 0 bridgehead atoms. The van der Waals surface area contributed by atoms with Crippen LogP contribution in [0.4, 0.5) is 5.82 Å². The van der Waals surface area contributed by atoms with Crippen LogP contribution in [-0.4, -0.2) is 28.0 Å². The minimum atomic E-state index is 0.555. The van der Waals surface area contributed by atoms with E-state index in [4.69, 9.17) is 9.97 Å². The summed E-state index contributed by atoms with van der Waals surface area (Å²) in [6, 6.07) is 12.6. The van der Waals surface area contributed by atoms with Crippen LogP contribution in [0, 0.1) is 5.92 Å². The number of hydrogen-bond donors (Lipinski definition) is 1. The van der Waals surface area contributed by atoms with Crippen molar-refractivity contribution in [2.24, 2.45) is 5.92 Å². The quantitative estimate of drug-likeness (QED) is 0.744. The van der Waals surface area contributed by atoms with Crippen LogP contribution in [0.1, 0.15) is 38.9 Å². The summed E-state index contributed by atoms with van der Waals surface area (Å²) in [7, 11) is 0. The molecule has 1 aliphatic rings. The topological polar surface area (TPSA) is 44.8 Å². The second-order valence-corrected chi connectivity index (χ2v) is 7.42. The summed E-state index contributed by atoms with van der Waals surface area (Å²) in [5.41, 5.74) is 4.42. The molecule has 4 heteroatoms. The maximum Gasteiger partial charge on any atom is 0.156 e. The zero-order chi connectivity index (χ0) is 17.2. The Bertz CT molecular complexity index is 845. The SMILES string of the molecule is CC(C)Cc1nc(N2CCCCC2)c2[nH]c(-c3ccccc3)cc2n1. The van der Waals surface area contributed by atoms with Crippen molar-refractivity contribution >= 4 is 16.9 Å². The molecule has 1 N–H and O–H groups in total. The van der Waals surface area contributed by atoms with Crippen LogP contribution in [0.5, 0.6) is 0 Å². The Morgan fingerprint density at radius 2 is 1.80 bits per heavy atom. The van der Waals surface area contributed by atoms with Crippen molar-refractivity contribution in [2.45, 2.75) is 39.5 Å².